The van der Waals surface area contributed by atoms with Gasteiger partial charge in [0.2, 0.25) is 0 Å². The summed E-state index contributed by atoms with van der Waals surface area (Å²) in [6.07, 6.45) is 3.53. The van der Waals surface area contributed by atoms with Crippen LogP contribution in [0.15, 0.2) is 5.38 Å². The molecular formula is C13H21N3OS2. The van der Waals surface area contributed by atoms with Gasteiger partial charge >= 0.3 is 0 Å². The third-order valence-electron chi connectivity index (χ3n) is 3.26. The SMILES string of the molecule is CCSC1CCCCN(C(=O)c2csc(CN)n2)C1. The second-order valence-electron chi connectivity index (χ2n) is 4.65. The van der Waals surface area contributed by atoms with Gasteiger partial charge in [-0.2, -0.15) is 11.8 Å². The van der Waals surface area contributed by atoms with Crippen LogP contribution in [0.2, 0.25) is 0 Å². The number of thiazole rings is 1. The summed E-state index contributed by atoms with van der Waals surface area (Å²) < 4.78 is 0. The van der Waals surface area contributed by atoms with Crippen LogP contribution in [-0.2, 0) is 6.54 Å². The van der Waals surface area contributed by atoms with E-state index in [4.69, 9.17) is 5.73 Å². The van der Waals surface area contributed by atoms with Crippen LogP contribution in [0.5, 0.6) is 0 Å². The molecule has 0 spiro atoms. The molecule has 1 amide bonds. The molecule has 0 saturated carbocycles. The Hall–Kier alpha value is -0.590. The Kier molecular flexibility index (Phi) is 5.66. The molecule has 1 aromatic rings. The van der Waals surface area contributed by atoms with Crippen molar-refractivity contribution < 1.29 is 4.79 Å². The van der Waals surface area contributed by atoms with Crippen molar-refractivity contribution in [2.24, 2.45) is 5.73 Å². The molecule has 1 aliphatic heterocycles. The highest BCUT2D eigenvalue weighted by molar-refractivity contribution is 7.99. The van der Waals surface area contributed by atoms with Crippen LogP contribution in [0, 0.1) is 0 Å². The van der Waals surface area contributed by atoms with Gasteiger partial charge in [0, 0.05) is 30.3 Å². The lowest BCUT2D eigenvalue weighted by Gasteiger charge is -2.23. The van der Waals surface area contributed by atoms with Crippen LogP contribution in [-0.4, -0.2) is 39.9 Å². The first-order chi connectivity index (χ1) is 9.24. The molecule has 0 radical (unpaired) electrons. The molecule has 19 heavy (non-hydrogen) atoms. The van der Waals surface area contributed by atoms with E-state index in [9.17, 15) is 4.79 Å². The van der Waals surface area contributed by atoms with Crippen LogP contribution >= 0.6 is 23.1 Å². The number of nitrogens with two attached hydrogens (primary N) is 1. The van der Waals surface area contributed by atoms with E-state index in [1.54, 1.807) is 0 Å². The average molecular weight is 299 g/mol. The fraction of sp³-hybridized carbons (Fsp3) is 0.692. The van der Waals surface area contributed by atoms with E-state index in [0.717, 1.165) is 30.3 Å². The lowest BCUT2D eigenvalue weighted by molar-refractivity contribution is 0.0758. The molecule has 1 aromatic heterocycles. The zero-order valence-corrected chi connectivity index (χ0v) is 12.9. The maximum atomic E-state index is 12.5. The number of thioether (sulfide) groups is 1. The Bertz CT molecular complexity index is 422. The third kappa shape index (κ3) is 3.94. The highest BCUT2D eigenvalue weighted by Gasteiger charge is 2.24. The van der Waals surface area contributed by atoms with Crippen molar-refractivity contribution in [1.29, 1.82) is 0 Å². The summed E-state index contributed by atoms with van der Waals surface area (Å²) in [5, 5.41) is 3.24. The maximum absolute atomic E-state index is 12.5. The zero-order valence-electron chi connectivity index (χ0n) is 11.3. The van der Waals surface area contributed by atoms with Gasteiger partial charge in [-0.15, -0.1) is 11.3 Å². The first kappa shape index (κ1) is 14.8. The van der Waals surface area contributed by atoms with E-state index in [0.29, 0.717) is 17.5 Å². The molecule has 1 unspecified atom stereocenters. The molecular weight excluding hydrogens is 278 g/mol. The fourth-order valence-corrected chi connectivity index (χ4v) is 4.06. The Balaban J connectivity index is 2.03. The number of rotatable bonds is 4. The van der Waals surface area contributed by atoms with Gasteiger partial charge in [-0.05, 0) is 18.6 Å². The number of likely N-dealkylation sites (tertiary alicyclic amines) is 1. The van der Waals surface area contributed by atoms with E-state index in [1.165, 1.54) is 24.2 Å². The Labute approximate surface area is 122 Å². The van der Waals surface area contributed by atoms with Crippen molar-refractivity contribution in [2.45, 2.75) is 38.0 Å². The molecule has 106 valence electrons. The molecule has 1 saturated heterocycles. The summed E-state index contributed by atoms with van der Waals surface area (Å²) in [6.45, 7) is 4.30. The Morgan fingerprint density at radius 1 is 1.63 bits per heavy atom. The summed E-state index contributed by atoms with van der Waals surface area (Å²) in [7, 11) is 0. The summed E-state index contributed by atoms with van der Waals surface area (Å²) in [5.74, 6) is 1.18. The molecule has 2 rings (SSSR count). The van der Waals surface area contributed by atoms with Gasteiger partial charge in [-0.1, -0.05) is 13.3 Å². The summed E-state index contributed by atoms with van der Waals surface area (Å²) >= 11 is 3.43. The number of aromatic nitrogens is 1. The molecule has 2 heterocycles. The van der Waals surface area contributed by atoms with E-state index in [1.807, 2.05) is 22.0 Å². The van der Waals surface area contributed by atoms with Gasteiger partial charge in [0.1, 0.15) is 10.7 Å². The predicted octanol–water partition coefficient (Wildman–Crippen LogP) is 2.35. The lowest BCUT2D eigenvalue weighted by atomic mass is 10.2. The van der Waals surface area contributed by atoms with Crippen LogP contribution < -0.4 is 5.73 Å². The van der Waals surface area contributed by atoms with E-state index in [-0.39, 0.29) is 5.91 Å². The quantitative estimate of drug-likeness (QED) is 0.927. The predicted molar refractivity (Wildman–Crippen MR) is 81.7 cm³/mol. The number of amides is 1. The van der Waals surface area contributed by atoms with Gasteiger partial charge in [-0.3, -0.25) is 4.79 Å². The number of carbonyl (C=O) groups excluding carboxylic acids is 1. The second kappa shape index (κ2) is 7.26. The van der Waals surface area contributed by atoms with E-state index < -0.39 is 0 Å². The van der Waals surface area contributed by atoms with Crippen LogP contribution in [0.25, 0.3) is 0 Å². The Morgan fingerprint density at radius 2 is 2.47 bits per heavy atom. The van der Waals surface area contributed by atoms with E-state index in [2.05, 4.69) is 11.9 Å². The molecule has 4 nitrogen and oxygen atoms in total. The van der Waals surface area contributed by atoms with Crippen molar-refractivity contribution >= 4 is 29.0 Å². The first-order valence-corrected chi connectivity index (χ1v) is 8.72. The molecule has 0 bridgehead atoms. The largest absolute Gasteiger partial charge is 0.336 e. The van der Waals surface area contributed by atoms with Crippen LogP contribution in [0.1, 0.15) is 41.7 Å². The second-order valence-corrected chi connectivity index (χ2v) is 7.17. The number of hydrogen-bond acceptors (Lipinski definition) is 5. The standard InChI is InChI=1S/C13H21N3OS2/c1-2-18-10-5-3-4-6-16(8-10)13(17)11-9-19-12(7-14)15-11/h9-10H,2-8,14H2,1H3. The van der Waals surface area contributed by atoms with Gasteiger partial charge in [0.15, 0.2) is 0 Å². The molecule has 0 aliphatic carbocycles. The van der Waals surface area contributed by atoms with Gasteiger partial charge < -0.3 is 10.6 Å². The fourth-order valence-electron chi connectivity index (χ4n) is 2.32. The maximum Gasteiger partial charge on any atom is 0.273 e. The molecule has 1 aliphatic rings. The molecule has 1 atom stereocenters. The summed E-state index contributed by atoms with van der Waals surface area (Å²) in [5.41, 5.74) is 6.11. The van der Waals surface area contributed by atoms with Crippen molar-refractivity contribution in [3.05, 3.63) is 16.1 Å². The van der Waals surface area contributed by atoms with Crippen molar-refractivity contribution in [3.8, 4) is 0 Å². The minimum atomic E-state index is 0.0690. The van der Waals surface area contributed by atoms with E-state index >= 15 is 0 Å². The summed E-state index contributed by atoms with van der Waals surface area (Å²) in [4.78, 5) is 18.7. The van der Waals surface area contributed by atoms with Crippen molar-refractivity contribution in [1.82, 2.24) is 9.88 Å². The minimum Gasteiger partial charge on any atom is -0.336 e. The number of nitrogens with zero attached hydrogens (tertiary/aromatic N) is 2. The van der Waals surface area contributed by atoms with Gasteiger partial charge in [0.25, 0.3) is 5.91 Å². The van der Waals surface area contributed by atoms with Crippen molar-refractivity contribution in [2.75, 3.05) is 18.8 Å². The number of carbonyl (C=O) groups is 1. The molecule has 1 fully saturated rings. The summed E-state index contributed by atoms with van der Waals surface area (Å²) in [6, 6.07) is 0. The normalized spacial score (nSPS) is 20.3. The monoisotopic (exact) mass is 299 g/mol. The van der Waals surface area contributed by atoms with Gasteiger partial charge in [0.05, 0.1) is 0 Å². The molecule has 0 aromatic carbocycles. The third-order valence-corrected chi connectivity index (χ3v) is 5.32. The lowest BCUT2D eigenvalue weighted by Crippen LogP contribution is -2.35. The minimum absolute atomic E-state index is 0.0690. The highest BCUT2D eigenvalue weighted by atomic mass is 32.2. The molecule has 2 N–H and O–H groups in total. The number of hydrogen-bond donors (Lipinski definition) is 1. The average Bonchev–Trinajstić information content (AvgIpc) is 2.78. The zero-order chi connectivity index (χ0) is 13.7. The molecule has 6 heteroatoms. The first-order valence-electron chi connectivity index (χ1n) is 6.80. The van der Waals surface area contributed by atoms with Crippen LogP contribution in [0.4, 0.5) is 0 Å². The highest BCUT2D eigenvalue weighted by Crippen LogP contribution is 2.23. The Morgan fingerprint density at radius 3 is 3.16 bits per heavy atom. The van der Waals surface area contributed by atoms with Gasteiger partial charge in [-0.25, -0.2) is 4.98 Å². The smallest absolute Gasteiger partial charge is 0.273 e. The topological polar surface area (TPSA) is 59.2 Å². The van der Waals surface area contributed by atoms with Crippen LogP contribution in [0.3, 0.4) is 0 Å². The van der Waals surface area contributed by atoms with Crippen molar-refractivity contribution in [3.63, 3.8) is 0 Å².